The first kappa shape index (κ1) is 11.4. The second-order valence-corrected chi connectivity index (χ2v) is 3.27. The number of hydrogen-bond donors (Lipinski definition) is 2. The molecule has 6 heteroatoms. The van der Waals surface area contributed by atoms with Crippen LogP contribution in [0, 0.1) is 0 Å². The number of aliphatic hydroxyl groups excluding tert-OH is 1. The zero-order chi connectivity index (χ0) is 11.8. The first-order valence-corrected chi connectivity index (χ1v) is 4.16. The van der Waals surface area contributed by atoms with Gasteiger partial charge in [0.05, 0.1) is 0 Å². The third-order valence-corrected chi connectivity index (χ3v) is 2.18. The highest BCUT2D eigenvalue weighted by Crippen LogP contribution is 2.26. The lowest BCUT2D eigenvalue weighted by Crippen LogP contribution is -2.49. The van der Waals surface area contributed by atoms with E-state index in [4.69, 9.17) is 0 Å². The van der Waals surface area contributed by atoms with Gasteiger partial charge in [-0.25, -0.2) is 4.79 Å². The Labute approximate surface area is 85.1 Å². The molecular formula is C9H10O6. The third kappa shape index (κ3) is 1.63. The molecular weight excluding hydrogens is 204 g/mol. The topological polar surface area (TPSA) is 101 Å². The molecule has 1 aliphatic rings. The number of esters is 1. The lowest BCUT2D eigenvalue weighted by atomic mass is 9.91. The molecule has 82 valence electrons. The first-order chi connectivity index (χ1) is 6.80. The fourth-order valence-electron chi connectivity index (χ4n) is 1.19. The molecule has 1 heterocycles. The van der Waals surface area contributed by atoms with Gasteiger partial charge in [0.15, 0.2) is 17.3 Å². The van der Waals surface area contributed by atoms with Gasteiger partial charge in [-0.3, -0.25) is 9.59 Å². The fraction of sp³-hybridized carbons (Fsp3) is 0.444. The van der Waals surface area contributed by atoms with Crippen LogP contribution < -0.4 is 0 Å². The molecule has 0 aliphatic carbocycles. The zero-order valence-electron chi connectivity index (χ0n) is 8.23. The summed E-state index contributed by atoms with van der Waals surface area (Å²) in [7, 11) is 0. The molecule has 0 radical (unpaired) electrons. The molecule has 0 spiro atoms. The summed E-state index contributed by atoms with van der Waals surface area (Å²) in [4.78, 5) is 33.1. The number of ketones is 2. The summed E-state index contributed by atoms with van der Waals surface area (Å²) in [6.45, 7) is 1.37. The van der Waals surface area contributed by atoms with Crippen LogP contribution in [0.1, 0.15) is 13.8 Å². The van der Waals surface area contributed by atoms with Crippen molar-refractivity contribution >= 4 is 17.5 Å². The maximum absolute atomic E-state index is 11.1. The maximum atomic E-state index is 11.1. The Morgan fingerprint density at radius 2 is 1.93 bits per heavy atom. The number of ether oxygens (including phenoxy) is 1. The fourth-order valence-corrected chi connectivity index (χ4v) is 1.19. The van der Waals surface area contributed by atoms with Crippen molar-refractivity contribution in [3.05, 3.63) is 11.3 Å². The molecule has 1 rings (SSSR count). The molecule has 1 atom stereocenters. The van der Waals surface area contributed by atoms with Crippen LogP contribution in [0.4, 0.5) is 0 Å². The number of carbonyl (C=O) groups excluding carboxylic acids is 3. The largest absolute Gasteiger partial charge is 0.508 e. The molecule has 1 aliphatic heterocycles. The highest BCUT2D eigenvalue weighted by Gasteiger charge is 2.47. The van der Waals surface area contributed by atoms with Gasteiger partial charge >= 0.3 is 5.97 Å². The van der Waals surface area contributed by atoms with E-state index in [2.05, 4.69) is 4.74 Å². The first-order valence-electron chi connectivity index (χ1n) is 4.16. The van der Waals surface area contributed by atoms with Gasteiger partial charge in [-0.15, -0.1) is 0 Å². The molecule has 6 nitrogen and oxygen atoms in total. The Hall–Kier alpha value is -1.69. The van der Waals surface area contributed by atoms with Crippen molar-refractivity contribution in [2.75, 3.05) is 6.61 Å². The minimum atomic E-state index is -2.30. The van der Waals surface area contributed by atoms with E-state index in [-0.39, 0.29) is 0 Å². The van der Waals surface area contributed by atoms with Crippen LogP contribution in [0.15, 0.2) is 11.3 Å². The van der Waals surface area contributed by atoms with Gasteiger partial charge < -0.3 is 14.9 Å². The van der Waals surface area contributed by atoms with E-state index in [0.717, 1.165) is 13.8 Å². The molecule has 0 saturated heterocycles. The number of cyclic esters (lactones) is 1. The lowest BCUT2D eigenvalue weighted by molar-refractivity contribution is -0.158. The van der Waals surface area contributed by atoms with Crippen molar-refractivity contribution in [3.8, 4) is 0 Å². The molecule has 0 aromatic heterocycles. The number of carbonyl (C=O) groups is 3. The van der Waals surface area contributed by atoms with Gasteiger partial charge in [0.2, 0.25) is 5.60 Å². The van der Waals surface area contributed by atoms with Crippen LogP contribution in [0.2, 0.25) is 0 Å². The van der Waals surface area contributed by atoms with Crippen molar-refractivity contribution in [2.45, 2.75) is 19.4 Å². The summed E-state index contributed by atoms with van der Waals surface area (Å²) >= 11 is 0. The van der Waals surface area contributed by atoms with E-state index in [1.165, 1.54) is 0 Å². The maximum Gasteiger partial charge on any atom is 0.345 e. The van der Waals surface area contributed by atoms with Crippen LogP contribution in [0.5, 0.6) is 0 Å². The van der Waals surface area contributed by atoms with E-state index in [0.29, 0.717) is 0 Å². The van der Waals surface area contributed by atoms with E-state index in [1.807, 2.05) is 0 Å². The third-order valence-electron chi connectivity index (χ3n) is 2.18. The van der Waals surface area contributed by atoms with E-state index in [1.54, 1.807) is 0 Å². The lowest BCUT2D eigenvalue weighted by Gasteiger charge is -2.29. The van der Waals surface area contributed by atoms with Crippen LogP contribution in [-0.2, 0) is 19.1 Å². The van der Waals surface area contributed by atoms with E-state index >= 15 is 0 Å². The van der Waals surface area contributed by atoms with Crippen LogP contribution in [-0.4, -0.2) is 40.0 Å². The Balaban J connectivity index is 3.36. The Bertz CT molecular complexity index is 380. The highest BCUT2D eigenvalue weighted by atomic mass is 16.6. The SMILES string of the molecule is CC(=O)C1=C(O)C(O)(C(C)=O)COC1=O. The molecule has 15 heavy (non-hydrogen) atoms. The number of hydrogen-bond acceptors (Lipinski definition) is 6. The van der Waals surface area contributed by atoms with Gasteiger partial charge in [0.25, 0.3) is 0 Å². The molecule has 0 aromatic carbocycles. The van der Waals surface area contributed by atoms with Crippen molar-refractivity contribution in [3.63, 3.8) is 0 Å². The van der Waals surface area contributed by atoms with E-state index in [9.17, 15) is 24.6 Å². The van der Waals surface area contributed by atoms with Gasteiger partial charge in [0.1, 0.15) is 12.2 Å². The molecule has 0 aromatic rings. The van der Waals surface area contributed by atoms with Crippen LogP contribution in [0.3, 0.4) is 0 Å². The second-order valence-electron chi connectivity index (χ2n) is 3.27. The highest BCUT2D eigenvalue weighted by molar-refractivity contribution is 6.18. The van der Waals surface area contributed by atoms with Crippen LogP contribution >= 0.6 is 0 Å². The quantitative estimate of drug-likeness (QED) is 0.464. The minimum absolute atomic E-state index is 0.677. The van der Waals surface area contributed by atoms with Crippen LogP contribution in [0.25, 0.3) is 0 Å². The standard InChI is InChI=1S/C9H10O6/c1-4(10)6-7(12)9(14,5(2)11)3-15-8(6)13/h12,14H,3H2,1-2H3. The van der Waals surface area contributed by atoms with Gasteiger partial charge in [0, 0.05) is 0 Å². The Kier molecular flexibility index (Phi) is 2.63. The summed E-state index contributed by atoms with van der Waals surface area (Å²) in [6.07, 6.45) is 0. The average molecular weight is 214 g/mol. The van der Waals surface area contributed by atoms with Crippen molar-refractivity contribution in [2.24, 2.45) is 0 Å². The average Bonchev–Trinajstić information content (AvgIpc) is 2.11. The number of rotatable bonds is 2. The minimum Gasteiger partial charge on any atom is -0.508 e. The summed E-state index contributed by atoms with van der Waals surface area (Å²) in [5, 5.41) is 19.2. The molecule has 1 unspecified atom stereocenters. The Morgan fingerprint density at radius 1 is 1.40 bits per heavy atom. The predicted octanol–water partition coefficient (Wildman–Crippen LogP) is -0.736. The number of Topliss-reactive ketones (excluding diaryl/α,β-unsaturated/α-hetero) is 2. The van der Waals surface area contributed by atoms with Crippen molar-refractivity contribution in [1.82, 2.24) is 0 Å². The van der Waals surface area contributed by atoms with Gasteiger partial charge in [-0.1, -0.05) is 0 Å². The normalized spacial score (nSPS) is 26.2. The van der Waals surface area contributed by atoms with Crippen molar-refractivity contribution in [1.29, 1.82) is 0 Å². The second kappa shape index (κ2) is 3.47. The monoisotopic (exact) mass is 214 g/mol. The summed E-state index contributed by atoms with van der Waals surface area (Å²) in [5.41, 5.74) is -2.98. The summed E-state index contributed by atoms with van der Waals surface area (Å²) in [5.74, 6) is -3.53. The Morgan fingerprint density at radius 3 is 2.33 bits per heavy atom. The number of aliphatic hydroxyl groups is 2. The molecule has 2 N–H and O–H groups in total. The van der Waals surface area contributed by atoms with Crippen molar-refractivity contribution < 1.29 is 29.3 Å². The summed E-state index contributed by atoms with van der Waals surface area (Å²) < 4.78 is 4.45. The van der Waals surface area contributed by atoms with Gasteiger partial charge in [-0.05, 0) is 13.8 Å². The predicted molar refractivity (Wildman–Crippen MR) is 46.9 cm³/mol. The summed E-state index contributed by atoms with van der Waals surface area (Å²) in [6, 6.07) is 0. The molecule has 0 saturated carbocycles. The van der Waals surface area contributed by atoms with E-state index < -0.39 is 41.1 Å². The molecule has 0 amide bonds. The zero-order valence-corrected chi connectivity index (χ0v) is 8.23. The van der Waals surface area contributed by atoms with Gasteiger partial charge in [-0.2, -0.15) is 0 Å². The smallest absolute Gasteiger partial charge is 0.345 e. The molecule has 0 fully saturated rings. The molecule has 0 bridgehead atoms.